The Morgan fingerprint density at radius 3 is 2.69 bits per heavy atom. The smallest absolute Gasteiger partial charge is 0.252 e. The van der Waals surface area contributed by atoms with Gasteiger partial charge in [-0.2, -0.15) is 0 Å². The lowest BCUT2D eigenvalue weighted by Gasteiger charge is -2.22. The molecule has 0 aromatic rings. The molecule has 1 aliphatic heterocycles. The largest absolute Gasteiger partial charge is 0.390 e. The number of aliphatic hydroxyl groups is 1. The first-order valence-corrected chi connectivity index (χ1v) is 3.61. The minimum absolute atomic E-state index is 0.0250. The molecule has 0 spiro atoms. The van der Waals surface area contributed by atoms with Gasteiger partial charge in [0.15, 0.2) is 0 Å². The number of nitrogens with one attached hydrogen (secondary N) is 1. The van der Waals surface area contributed by atoms with Crippen molar-refractivity contribution in [2.45, 2.75) is 11.4 Å². The fourth-order valence-corrected chi connectivity index (χ4v) is 1.29. The summed E-state index contributed by atoms with van der Waals surface area (Å²) < 4.78 is 0. The molecule has 7 heteroatoms. The van der Waals surface area contributed by atoms with Crippen molar-refractivity contribution in [1.29, 1.82) is 0 Å². The predicted molar refractivity (Wildman–Crippen MR) is 42.0 cm³/mol. The van der Waals surface area contributed by atoms with E-state index in [4.69, 9.17) is 13.1 Å². The van der Waals surface area contributed by atoms with Crippen molar-refractivity contribution in [3.63, 3.8) is 0 Å². The van der Waals surface area contributed by atoms with Gasteiger partial charge in [-0.3, -0.25) is 14.8 Å². The van der Waals surface area contributed by atoms with E-state index in [0.717, 1.165) is 4.90 Å². The average Bonchev–Trinajstić information content (AvgIpc) is 2.30. The van der Waals surface area contributed by atoms with E-state index in [9.17, 15) is 14.7 Å². The molecule has 1 fully saturated rings. The minimum atomic E-state index is -2.07. The molecular weight excluding hydrogens is 175 g/mol. The normalized spacial score (nSPS) is 33.6. The van der Waals surface area contributed by atoms with Gasteiger partial charge in [-0.05, 0) is 0 Å². The van der Waals surface area contributed by atoms with Crippen LogP contribution in [0.2, 0.25) is 5.31 Å². The summed E-state index contributed by atoms with van der Waals surface area (Å²) >= 11 is 0. The summed E-state index contributed by atoms with van der Waals surface area (Å²) in [5, 5.41) is 15.6. The van der Waals surface area contributed by atoms with E-state index in [1.807, 2.05) is 0 Å². The van der Waals surface area contributed by atoms with Crippen molar-refractivity contribution in [1.82, 2.24) is 10.4 Å². The van der Waals surface area contributed by atoms with Gasteiger partial charge in [0.25, 0.3) is 5.91 Å². The Morgan fingerprint density at radius 2 is 2.38 bits per heavy atom. The molecule has 3 N–H and O–H groups in total. The monoisotopic (exact) mass is 184 g/mol. The van der Waals surface area contributed by atoms with Crippen molar-refractivity contribution in [2.24, 2.45) is 0 Å². The number of carbonyl (C=O) groups excluding carboxylic acids is 2. The van der Waals surface area contributed by atoms with Gasteiger partial charge in [0, 0.05) is 13.6 Å². The number of aliphatic hydroxyl groups excluding tert-OH is 1. The summed E-state index contributed by atoms with van der Waals surface area (Å²) in [7, 11) is 6.78. The number of likely N-dealkylation sites (N-methyl/N-ethyl adjacent to an activating group) is 1. The van der Waals surface area contributed by atoms with Crippen LogP contribution in [0, 0.1) is 0 Å². The Hall–Kier alpha value is -1.08. The minimum Gasteiger partial charge on any atom is -0.390 e. The molecule has 1 saturated heterocycles. The first kappa shape index (κ1) is 10.0. The van der Waals surface area contributed by atoms with Crippen LogP contribution in [0.4, 0.5) is 0 Å². The molecule has 2 amide bonds. The quantitative estimate of drug-likeness (QED) is 0.184. The lowest BCUT2D eigenvalue weighted by atomic mass is 9.65. The van der Waals surface area contributed by atoms with Crippen LogP contribution in [0.25, 0.3) is 0 Å². The highest BCUT2D eigenvalue weighted by molar-refractivity contribution is 6.42. The molecule has 6 nitrogen and oxygen atoms in total. The highest BCUT2D eigenvalue weighted by Crippen LogP contribution is 2.35. The fourth-order valence-electron chi connectivity index (χ4n) is 1.29. The Labute approximate surface area is 75.9 Å². The molecular formula is C6H9BN2O4. The second kappa shape index (κ2) is 3.00. The average molecular weight is 184 g/mol. The maximum absolute atomic E-state index is 11.3. The van der Waals surface area contributed by atoms with Crippen LogP contribution in [0.3, 0.4) is 0 Å². The zero-order valence-electron chi connectivity index (χ0n) is 7.02. The number of β-amino-alcohol motifs (C(OH)–C–C–N with tert-alkyl or cyclic N) is 1. The first-order valence-electron chi connectivity index (χ1n) is 3.61. The van der Waals surface area contributed by atoms with Crippen LogP contribution in [-0.4, -0.2) is 54.6 Å². The molecule has 0 bridgehead atoms. The Balaban J connectivity index is 3.01. The zero-order chi connectivity index (χ0) is 10.2. The third kappa shape index (κ3) is 1.20. The summed E-state index contributed by atoms with van der Waals surface area (Å²) in [5.41, 5.74) is 1.26. The van der Waals surface area contributed by atoms with Gasteiger partial charge in [-0.25, -0.2) is 5.48 Å². The number of hydrogen-bond donors (Lipinski definition) is 3. The van der Waals surface area contributed by atoms with E-state index in [1.54, 1.807) is 0 Å². The second-order valence-corrected chi connectivity index (χ2v) is 3.01. The van der Waals surface area contributed by atoms with E-state index in [0.29, 0.717) is 0 Å². The van der Waals surface area contributed by atoms with Crippen molar-refractivity contribution in [3.05, 3.63) is 0 Å². The first-order chi connectivity index (χ1) is 5.94. The van der Waals surface area contributed by atoms with Crippen molar-refractivity contribution >= 4 is 19.7 Å². The van der Waals surface area contributed by atoms with Gasteiger partial charge in [0.05, 0.1) is 6.10 Å². The third-order valence-corrected chi connectivity index (χ3v) is 2.15. The molecule has 0 aromatic heterocycles. The second-order valence-electron chi connectivity index (χ2n) is 3.01. The number of hydrogen-bond acceptors (Lipinski definition) is 4. The highest BCUT2D eigenvalue weighted by Gasteiger charge is 2.53. The number of amides is 2. The van der Waals surface area contributed by atoms with Gasteiger partial charge in [0.1, 0.15) is 13.2 Å². The van der Waals surface area contributed by atoms with Gasteiger partial charge < -0.3 is 10.0 Å². The van der Waals surface area contributed by atoms with Crippen LogP contribution in [0.1, 0.15) is 0 Å². The summed E-state index contributed by atoms with van der Waals surface area (Å²) in [5.74, 6) is -1.82. The Morgan fingerprint density at radius 1 is 1.85 bits per heavy atom. The van der Waals surface area contributed by atoms with Crippen LogP contribution in [-0.2, 0) is 9.59 Å². The van der Waals surface area contributed by atoms with Crippen molar-refractivity contribution in [3.8, 4) is 0 Å². The number of likely N-dealkylation sites (tertiary alicyclic amines) is 1. The number of carbonyl (C=O) groups is 2. The number of nitrogens with zero attached hydrogens (tertiary/aromatic N) is 1. The van der Waals surface area contributed by atoms with Gasteiger partial charge >= 0.3 is 0 Å². The molecule has 1 aliphatic rings. The van der Waals surface area contributed by atoms with Crippen molar-refractivity contribution in [2.75, 3.05) is 13.6 Å². The molecule has 1 heterocycles. The summed E-state index contributed by atoms with van der Waals surface area (Å²) in [6, 6.07) is 0. The van der Waals surface area contributed by atoms with E-state index in [-0.39, 0.29) is 6.54 Å². The van der Waals surface area contributed by atoms with Gasteiger partial charge in [-0.1, -0.05) is 0 Å². The SMILES string of the molecule is [B]C1(C(=O)NO)C(=O)N(C)CC1O. The molecule has 70 valence electrons. The standard InChI is InChI=1S/C6H9BN2O4/c1-9-2-3(10)6(7,5(9)12)4(11)8-13/h3,10,13H,2H2,1H3,(H,8,11). The molecule has 0 saturated carbocycles. The van der Waals surface area contributed by atoms with Crippen LogP contribution < -0.4 is 5.48 Å². The van der Waals surface area contributed by atoms with E-state index < -0.39 is 23.2 Å². The molecule has 2 radical (unpaired) electrons. The maximum atomic E-state index is 11.3. The molecule has 2 unspecified atom stereocenters. The fraction of sp³-hybridized carbons (Fsp3) is 0.667. The van der Waals surface area contributed by atoms with Crippen LogP contribution in [0.15, 0.2) is 0 Å². The van der Waals surface area contributed by atoms with Crippen LogP contribution in [0.5, 0.6) is 0 Å². The lowest BCUT2D eigenvalue weighted by molar-refractivity contribution is -0.142. The third-order valence-electron chi connectivity index (χ3n) is 2.15. The number of hydroxylamine groups is 1. The highest BCUT2D eigenvalue weighted by atomic mass is 16.5. The lowest BCUT2D eigenvalue weighted by Crippen LogP contribution is -2.45. The van der Waals surface area contributed by atoms with Crippen molar-refractivity contribution < 1.29 is 19.9 Å². The summed E-state index contributed by atoms with van der Waals surface area (Å²) in [4.78, 5) is 23.4. The van der Waals surface area contributed by atoms with E-state index in [2.05, 4.69) is 0 Å². The van der Waals surface area contributed by atoms with Crippen LogP contribution >= 0.6 is 0 Å². The van der Waals surface area contributed by atoms with E-state index >= 15 is 0 Å². The zero-order valence-corrected chi connectivity index (χ0v) is 7.02. The number of rotatable bonds is 1. The molecule has 1 rings (SSSR count). The predicted octanol–water partition coefficient (Wildman–Crippen LogP) is -2.35. The topological polar surface area (TPSA) is 89.9 Å². The molecule has 0 aromatic carbocycles. The van der Waals surface area contributed by atoms with Gasteiger partial charge in [-0.15, -0.1) is 0 Å². The summed E-state index contributed by atoms with van der Waals surface area (Å²) in [6.07, 6.45) is -1.31. The summed E-state index contributed by atoms with van der Waals surface area (Å²) in [6.45, 7) is -0.0250. The molecule has 0 aliphatic carbocycles. The van der Waals surface area contributed by atoms with E-state index in [1.165, 1.54) is 12.5 Å². The molecule has 13 heavy (non-hydrogen) atoms. The maximum Gasteiger partial charge on any atom is 0.252 e. The van der Waals surface area contributed by atoms with Gasteiger partial charge in [0.2, 0.25) is 5.91 Å². The Bertz CT molecular complexity index is 259. The molecule has 2 atom stereocenters. The Kier molecular flexibility index (Phi) is 2.31.